The van der Waals surface area contributed by atoms with E-state index in [-0.39, 0.29) is 5.91 Å². The van der Waals surface area contributed by atoms with E-state index >= 15 is 0 Å². The van der Waals surface area contributed by atoms with Gasteiger partial charge in [-0.2, -0.15) is 0 Å². The van der Waals surface area contributed by atoms with Gasteiger partial charge in [-0.15, -0.1) is 0 Å². The van der Waals surface area contributed by atoms with Crippen LogP contribution >= 0.6 is 0 Å². The molecule has 0 aliphatic heterocycles. The first-order chi connectivity index (χ1) is 9.57. The third kappa shape index (κ3) is 3.77. The molecular formula is C14H22N2O4. The van der Waals surface area contributed by atoms with Crippen LogP contribution in [0.3, 0.4) is 0 Å². The summed E-state index contributed by atoms with van der Waals surface area (Å²) in [5.74, 6) is 1.45. The molecule has 0 fully saturated rings. The van der Waals surface area contributed by atoms with Crippen molar-refractivity contribution in [2.45, 2.75) is 25.9 Å². The Bertz CT molecular complexity index is 437. The molecule has 1 aromatic rings. The molecule has 0 saturated carbocycles. The highest BCUT2D eigenvalue weighted by atomic mass is 16.5. The highest BCUT2D eigenvalue weighted by Gasteiger charge is 2.15. The molecule has 0 bridgehead atoms. The molecule has 3 N–H and O–H groups in total. The van der Waals surface area contributed by atoms with Crippen molar-refractivity contribution in [2.75, 3.05) is 21.3 Å². The predicted octanol–water partition coefficient (Wildman–Crippen LogP) is 1.07. The van der Waals surface area contributed by atoms with Crippen molar-refractivity contribution in [3.63, 3.8) is 0 Å². The van der Waals surface area contributed by atoms with E-state index in [0.717, 1.165) is 5.56 Å². The van der Waals surface area contributed by atoms with Crippen LogP contribution in [0.5, 0.6) is 17.2 Å². The Morgan fingerprint density at radius 2 is 1.75 bits per heavy atom. The Hall–Kier alpha value is -1.95. The SMILES string of the molecule is CC[C@@H](N)C(=O)NCc1cc(OC)c(OC)c(OC)c1. The van der Waals surface area contributed by atoms with E-state index in [0.29, 0.717) is 30.2 Å². The minimum absolute atomic E-state index is 0.179. The van der Waals surface area contributed by atoms with Crippen molar-refractivity contribution in [3.05, 3.63) is 17.7 Å². The Morgan fingerprint density at radius 3 is 2.15 bits per heavy atom. The second-order valence-corrected chi connectivity index (χ2v) is 4.27. The number of rotatable bonds is 7. The van der Waals surface area contributed by atoms with Gasteiger partial charge in [0.05, 0.1) is 27.4 Å². The van der Waals surface area contributed by atoms with Crippen LogP contribution < -0.4 is 25.3 Å². The van der Waals surface area contributed by atoms with E-state index in [1.807, 2.05) is 6.92 Å². The zero-order valence-electron chi connectivity index (χ0n) is 12.4. The van der Waals surface area contributed by atoms with Gasteiger partial charge in [0.1, 0.15) is 0 Å². The summed E-state index contributed by atoms with van der Waals surface area (Å²) < 4.78 is 15.7. The second-order valence-electron chi connectivity index (χ2n) is 4.27. The standard InChI is InChI=1S/C14H22N2O4/c1-5-10(15)14(17)16-8-9-6-11(18-2)13(20-4)12(7-9)19-3/h6-7,10H,5,8,15H2,1-4H3,(H,16,17)/t10-/m1/s1. The molecule has 20 heavy (non-hydrogen) atoms. The molecule has 0 aliphatic carbocycles. The molecule has 1 rings (SSSR count). The number of nitrogens with two attached hydrogens (primary N) is 1. The van der Waals surface area contributed by atoms with Crippen LogP contribution in [0.1, 0.15) is 18.9 Å². The van der Waals surface area contributed by atoms with Crippen molar-refractivity contribution < 1.29 is 19.0 Å². The summed E-state index contributed by atoms with van der Waals surface area (Å²) in [7, 11) is 4.64. The Morgan fingerprint density at radius 1 is 1.20 bits per heavy atom. The maximum atomic E-state index is 11.7. The highest BCUT2D eigenvalue weighted by molar-refractivity contribution is 5.81. The smallest absolute Gasteiger partial charge is 0.237 e. The number of carbonyl (C=O) groups is 1. The van der Waals surface area contributed by atoms with Crippen LogP contribution in [0.25, 0.3) is 0 Å². The third-order valence-electron chi connectivity index (χ3n) is 2.97. The largest absolute Gasteiger partial charge is 0.493 e. The van der Waals surface area contributed by atoms with Crippen LogP contribution in [0.15, 0.2) is 12.1 Å². The van der Waals surface area contributed by atoms with E-state index < -0.39 is 6.04 Å². The molecule has 1 amide bonds. The normalized spacial score (nSPS) is 11.7. The molecule has 1 aromatic carbocycles. The fourth-order valence-electron chi connectivity index (χ4n) is 1.74. The van der Waals surface area contributed by atoms with E-state index in [1.165, 1.54) is 0 Å². The summed E-state index contributed by atoms with van der Waals surface area (Å²) in [4.78, 5) is 11.7. The molecule has 0 spiro atoms. The van der Waals surface area contributed by atoms with E-state index in [1.54, 1.807) is 33.5 Å². The molecule has 6 heteroatoms. The van der Waals surface area contributed by atoms with Gasteiger partial charge in [-0.25, -0.2) is 0 Å². The fraction of sp³-hybridized carbons (Fsp3) is 0.500. The number of amides is 1. The Balaban J connectivity index is 2.88. The van der Waals surface area contributed by atoms with Gasteiger partial charge in [0, 0.05) is 6.54 Å². The molecule has 0 aromatic heterocycles. The summed E-state index contributed by atoms with van der Waals surface area (Å²) in [6, 6.07) is 3.09. The van der Waals surface area contributed by atoms with Crippen LogP contribution in [0, 0.1) is 0 Å². The maximum Gasteiger partial charge on any atom is 0.237 e. The minimum Gasteiger partial charge on any atom is -0.493 e. The highest BCUT2D eigenvalue weighted by Crippen LogP contribution is 2.38. The fourth-order valence-corrected chi connectivity index (χ4v) is 1.74. The van der Waals surface area contributed by atoms with E-state index in [4.69, 9.17) is 19.9 Å². The van der Waals surface area contributed by atoms with E-state index in [9.17, 15) is 4.79 Å². The number of benzene rings is 1. The van der Waals surface area contributed by atoms with Gasteiger partial charge in [0.25, 0.3) is 0 Å². The van der Waals surface area contributed by atoms with Gasteiger partial charge in [-0.1, -0.05) is 6.92 Å². The van der Waals surface area contributed by atoms with E-state index in [2.05, 4.69) is 5.32 Å². The average Bonchev–Trinajstić information content (AvgIpc) is 2.50. The van der Waals surface area contributed by atoms with Crippen molar-refractivity contribution in [1.82, 2.24) is 5.32 Å². The third-order valence-corrected chi connectivity index (χ3v) is 2.97. The Kier molecular flexibility index (Phi) is 6.11. The van der Waals surface area contributed by atoms with Crippen LogP contribution in [-0.2, 0) is 11.3 Å². The Labute approximate surface area is 119 Å². The second kappa shape index (κ2) is 7.59. The van der Waals surface area contributed by atoms with Crippen molar-refractivity contribution in [2.24, 2.45) is 5.73 Å². The van der Waals surface area contributed by atoms with Crippen molar-refractivity contribution >= 4 is 5.91 Å². The first-order valence-corrected chi connectivity index (χ1v) is 6.39. The zero-order chi connectivity index (χ0) is 15.1. The summed E-state index contributed by atoms with van der Waals surface area (Å²) in [5.41, 5.74) is 6.50. The van der Waals surface area contributed by atoms with Crippen LogP contribution in [0.4, 0.5) is 0 Å². The number of ether oxygens (including phenoxy) is 3. The summed E-state index contributed by atoms with van der Waals surface area (Å²) in [6.07, 6.45) is 0.598. The van der Waals surface area contributed by atoms with Gasteiger partial charge in [-0.3, -0.25) is 4.79 Å². The topological polar surface area (TPSA) is 82.8 Å². The van der Waals surface area contributed by atoms with Crippen LogP contribution in [-0.4, -0.2) is 33.3 Å². The van der Waals surface area contributed by atoms with Gasteiger partial charge < -0.3 is 25.3 Å². The molecular weight excluding hydrogens is 260 g/mol. The van der Waals surface area contributed by atoms with Gasteiger partial charge in [-0.05, 0) is 24.1 Å². The van der Waals surface area contributed by atoms with Crippen molar-refractivity contribution in [3.8, 4) is 17.2 Å². The number of methoxy groups -OCH3 is 3. The van der Waals surface area contributed by atoms with Gasteiger partial charge in [0.15, 0.2) is 11.5 Å². The lowest BCUT2D eigenvalue weighted by molar-refractivity contribution is -0.122. The van der Waals surface area contributed by atoms with Gasteiger partial charge in [0.2, 0.25) is 11.7 Å². The van der Waals surface area contributed by atoms with Crippen molar-refractivity contribution in [1.29, 1.82) is 0 Å². The summed E-state index contributed by atoms with van der Waals surface area (Å²) >= 11 is 0. The molecule has 0 unspecified atom stereocenters. The first kappa shape index (κ1) is 16.1. The lowest BCUT2D eigenvalue weighted by atomic mass is 10.1. The lowest BCUT2D eigenvalue weighted by Gasteiger charge is -2.15. The quantitative estimate of drug-likeness (QED) is 0.781. The first-order valence-electron chi connectivity index (χ1n) is 6.39. The molecule has 0 saturated heterocycles. The average molecular weight is 282 g/mol. The number of nitrogens with one attached hydrogen (secondary N) is 1. The minimum atomic E-state index is -0.489. The molecule has 112 valence electrons. The number of hydrogen-bond acceptors (Lipinski definition) is 5. The van der Waals surface area contributed by atoms with Crippen LogP contribution in [0.2, 0.25) is 0 Å². The van der Waals surface area contributed by atoms with Gasteiger partial charge >= 0.3 is 0 Å². The lowest BCUT2D eigenvalue weighted by Crippen LogP contribution is -2.39. The zero-order valence-corrected chi connectivity index (χ0v) is 12.4. The molecule has 0 heterocycles. The number of carbonyl (C=O) groups excluding carboxylic acids is 1. The maximum absolute atomic E-state index is 11.7. The summed E-state index contributed by atoms with van der Waals surface area (Å²) in [5, 5.41) is 2.77. The molecule has 0 radical (unpaired) electrons. The molecule has 1 atom stereocenters. The molecule has 0 aliphatic rings. The monoisotopic (exact) mass is 282 g/mol. The summed E-state index contributed by atoms with van der Waals surface area (Å²) in [6.45, 7) is 2.22. The predicted molar refractivity (Wildman–Crippen MR) is 76.2 cm³/mol. The number of hydrogen-bond donors (Lipinski definition) is 2. The molecule has 6 nitrogen and oxygen atoms in total.